The fourth-order valence-corrected chi connectivity index (χ4v) is 19.1. The van der Waals surface area contributed by atoms with Gasteiger partial charge in [-0.1, -0.05) is 0 Å². The summed E-state index contributed by atoms with van der Waals surface area (Å²) in [6, 6.07) is 35.4. The van der Waals surface area contributed by atoms with Crippen LogP contribution in [0.1, 0.15) is 113 Å². The molecule has 0 saturated heterocycles. The second kappa shape index (κ2) is 14.2. The van der Waals surface area contributed by atoms with Gasteiger partial charge in [-0.25, -0.2) is 0 Å². The Hall–Kier alpha value is -2.18. The Morgan fingerprint density at radius 3 is 1.71 bits per heavy atom. The van der Waals surface area contributed by atoms with Gasteiger partial charge in [-0.2, -0.15) is 0 Å². The molecule has 1 atom stereocenters. The number of rotatable bonds is 6. The van der Waals surface area contributed by atoms with E-state index in [9.17, 15) is 0 Å². The van der Waals surface area contributed by atoms with Crippen molar-refractivity contribution in [3.05, 3.63) is 148 Å². The van der Waals surface area contributed by atoms with Crippen LogP contribution < -0.4 is 28.1 Å². The Morgan fingerprint density at radius 1 is 0.667 bits per heavy atom. The molecule has 6 rings (SSSR count). The molecule has 1 unspecified atom stereocenters. The van der Waals surface area contributed by atoms with E-state index in [0.29, 0.717) is 3.63 Å². The molecule has 3 heteroatoms. The molecular weight excluding hydrogens is 703 g/mol. The summed E-state index contributed by atoms with van der Waals surface area (Å²) in [5, 5.41) is 0. The summed E-state index contributed by atoms with van der Waals surface area (Å²) in [6.07, 6.45) is 10.1. The summed E-state index contributed by atoms with van der Waals surface area (Å²) in [4.78, 5) is 0. The minimum absolute atomic E-state index is 0. The second-order valence-electron chi connectivity index (χ2n) is 16.8. The van der Waals surface area contributed by atoms with E-state index < -0.39 is 21.8 Å². The molecule has 251 valence electrons. The number of hydrogen-bond acceptors (Lipinski definition) is 0. The third-order valence-corrected chi connectivity index (χ3v) is 20.4. The van der Waals surface area contributed by atoms with Gasteiger partial charge in [0.1, 0.15) is 0 Å². The molecule has 0 fully saturated rings. The summed E-state index contributed by atoms with van der Waals surface area (Å²) in [5.41, 5.74) is 13.8. The Labute approximate surface area is 312 Å². The van der Waals surface area contributed by atoms with Gasteiger partial charge in [-0.3, -0.25) is 0 Å². The van der Waals surface area contributed by atoms with Gasteiger partial charge in [-0.15, -0.1) is 0 Å². The molecule has 0 bridgehead atoms. The van der Waals surface area contributed by atoms with E-state index in [1.54, 1.807) is 14.4 Å². The Bertz CT molecular complexity index is 1760. The van der Waals surface area contributed by atoms with E-state index in [1.165, 1.54) is 39.0 Å². The standard InChI is InChI=1S/C21H25.C13H11.C11H17.2ClH.Zr/c1-20(2,3)16-7-9-18-14(12-16)11-15-13-17(21(4,5)6)8-10-19(15)18;1-3-7-12(8-4-1)11-13-9-5-2-6-10-13;1-5-9-6-7-10(8-9)11(2,3)4;;;/h7-10,12H,11H2,1-6H3;1-11H;6-8H,5H2,1-4H3;2*1H;/q;;;;;+2/p-2. The van der Waals surface area contributed by atoms with Crippen molar-refractivity contribution in [3.8, 4) is 11.1 Å². The van der Waals surface area contributed by atoms with Crippen LogP contribution in [0.2, 0.25) is 3.12 Å². The first-order chi connectivity index (χ1) is 21.6. The zero-order chi connectivity index (χ0) is 33.1. The molecule has 0 amide bonds. The number of allylic oxidation sites excluding steroid dienone is 4. The van der Waals surface area contributed by atoms with E-state index in [2.05, 4.69) is 178 Å². The largest absolute Gasteiger partial charge is 1.00 e. The van der Waals surface area contributed by atoms with Crippen LogP contribution in [0.15, 0.2) is 115 Å². The maximum Gasteiger partial charge on any atom is -1.00 e. The molecule has 0 aromatic heterocycles. The van der Waals surface area contributed by atoms with E-state index in [0.717, 1.165) is 12.8 Å². The van der Waals surface area contributed by atoms with Crippen molar-refractivity contribution >= 4 is 3.27 Å². The molecular formula is C45H53Cl2Zr. The Balaban J connectivity index is 0.00000260. The average molecular weight is 756 g/mol. The van der Waals surface area contributed by atoms with Crippen LogP contribution in [0.4, 0.5) is 0 Å². The fraction of sp³-hybridized carbons (Fsp3) is 0.378. The molecule has 0 spiro atoms. The van der Waals surface area contributed by atoms with Crippen LogP contribution in [0.25, 0.3) is 11.1 Å². The summed E-state index contributed by atoms with van der Waals surface area (Å²) in [7, 11) is 0. The first-order valence-corrected chi connectivity index (χ1v) is 21.2. The molecule has 0 radical (unpaired) electrons. The van der Waals surface area contributed by atoms with E-state index in [1.807, 2.05) is 0 Å². The zero-order valence-electron chi connectivity index (χ0n) is 30.6. The number of halogens is 2. The molecule has 4 aromatic carbocycles. The summed E-state index contributed by atoms with van der Waals surface area (Å²) < 4.78 is 2.20. The third-order valence-electron chi connectivity index (χ3n) is 10.5. The average Bonchev–Trinajstić information content (AvgIpc) is 3.62. The normalized spacial score (nSPS) is 16.9. The van der Waals surface area contributed by atoms with Crippen LogP contribution in [-0.4, -0.2) is 0 Å². The van der Waals surface area contributed by atoms with Crippen molar-refractivity contribution in [3.63, 3.8) is 0 Å². The van der Waals surface area contributed by atoms with Crippen LogP contribution in [0.5, 0.6) is 0 Å². The molecule has 2 aliphatic carbocycles. The van der Waals surface area contributed by atoms with Gasteiger partial charge < -0.3 is 24.8 Å². The predicted molar refractivity (Wildman–Crippen MR) is 196 cm³/mol. The van der Waals surface area contributed by atoms with Crippen molar-refractivity contribution in [2.45, 2.75) is 99.7 Å². The zero-order valence-corrected chi connectivity index (χ0v) is 34.6. The molecule has 0 N–H and O–H groups in total. The monoisotopic (exact) mass is 753 g/mol. The first kappa shape index (κ1) is 38.6. The van der Waals surface area contributed by atoms with Crippen molar-refractivity contribution in [2.75, 3.05) is 0 Å². The van der Waals surface area contributed by atoms with Gasteiger partial charge in [-0.05, 0) is 0 Å². The first-order valence-electron chi connectivity index (χ1n) is 17.3. The van der Waals surface area contributed by atoms with Crippen molar-refractivity contribution in [1.29, 1.82) is 0 Å². The van der Waals surface area contributed by atoms with E-state index in [-0.39, 0.29) is 44.2 Å². The molecule has 0 saturated carbocycles. The Kier molecular flexibility index (Phi) is 11.4. The van der Waals surface area contributed by atoms with Crippen molar-refractivity contribution < 1.29 is 46.6 Å². The maximum atomic E-state index is 2.76. The van der Waals surface area contributed by atoms with Gasteiger partial charge in [0, 0.05) is 0 Å². The quantitative estimate of drug-likeness (QED) is 0.200. The van der Waals surface area contributed by atoms with Crippen LogP contribution in [0.3, 0.4) is 0 Å². The molecule has 0 nitrogen and oxygen atoms in total. The minimum atomic E-state index is -2.89. The van der Waals surface area contributed by atoms with Crippen molar-refractivity contribution in [1.82, 2.24) is 0 Å². The van der Waals surface area contributed by atoms with Gasteiger partial charge in [0.15, 0.2) is 0 Å². The summed E-state index contributed by atoms with van der Waals surface area (Å²) in [5.74, 6) is 0. The molecule has 2 aliphatic rings. The van der Waals surface area contributed by atoms with Gasteiger partial charge in [0.05, 0.1) is 0 Å². The number of fused-ring (bicyclic) bond motifs is 3. The fourth-order valence-electron chi connectivity index (χ4n) is 7.80. The van der Waals surface area contributed by atoms with Crippen LogP contribution >= 0.6 is 0 Å². The smallest absolute Gasteiger partial charge is 1.00 e. The predicted octanol–water partition coefficient (Wildman–Crippen LogP) is 6.00. The minimum Gasteiger partial charge on any atom is -1.00 e. The van der Waals surface area contributed by atoms with Crippen molar-refractivity contribution in [2.24, 2.45) is 5.41 Å². The number of benzene rings is 4. The topological polar surface area (TPSA) is 0 Å². The van der Waals surface area contributed by atoms with Crippen LogP contribution in [-0.2, 0) is 39.0 Å². The summed E-state index contributed by atoms with van der Waals surface area (Å²) >= 11 is -2.89. The molecule has 4 aromatic rings. The maximum absolute atomic E-state index is 2.89. The van der Waals surface area contributed by atoms with E-state index in [4.69, 9.17) is 0 Å². The summed E-state index contributed by atoms with van der Waals surface area (Å²) in [6.45, 7) is 24.0. The van der Waals surface area contributed by atoms with Crippen LogP contribution in [0, 0.1) is 5.41 Å². The van der Waals surface area contributed by atoms with E-state index >= 15 is 0 Å². The van der Waals surface area contributed by atoms with Gasteiger partial charge in [0.2, 0.25) is 0 Å². The number of hydrogen-bond donors (Lipinski definition) is 0. The van der Waals surface area contributed by atoms with Gasteiger partial charge in [0.25, 0.3) is 0 Å². The molecule has 0 heterocycles. The second-order valence-corrected chi connectivity index (χ2v) is 23.8. The van der Waals surface area contributed by atoms with Gasteiger partial charge >= 0.3 is 289 Å². The molecule has 48 heavy (non-hydrogen) atoms. The Morgan fingerprint density at radius 2 is 1.23 bits per heavy atom. The SMILES string of the molecule is CC[C]1([Zr+2]([c]2c(C(C)(C)C)ccc3c2Cc2cc(C(C)(C)C)ccc2-3)[CH](c2ccccc2)c2ccccc2)C=CC(C(C)(C)C)=C1.[Cl-].[Cl-]. The third kappa shape index (κ3) is 7.18. The molecule has 0 aliphatic heterocycles.